The molecule has 0 spiro atoms. The summed E-state index contributed by atoms with van der Waals surface area (Å²) in [5.74, 6) is 0. The van der Waals surface area contributed by atoms with Crippen molar-refractivity contribution in [1.29, 1.82) is 0 Å². The van der Waals surface area contributed by atoms with Crippen molar-refractivity contribution in [2.24, 2.45) is 5.73 Å². The van der Waals surface area contributed by atoms with Crippen LogP contribution in [0.4, 0.5) is 0 Å². The van der Waals surface area contributed by atoms with Gasteiger partial charge in [-0.2, -0.15) is 0 Å². The van der Waals surface area contributed by atoms with Crippen LogP contribution in [0.25, 0.3) is 0 Å². The van der Waals surface area contributed by atoms with Gasteiger partial charge in [-0.1, -0.05) is 13.3 Å². The number of nitrogens with zero attached hydrogens (tertiary/aromatic N) is 2. The van der Waals surface area contributed by atoms with Gasteiger partial charge < -0.3 is 5.73 Å². The van der Waals surface area contributed by atoms with E-state index < -0.39 is 0 Å². The molecule has 2 atom stereocenters. The van der Waals surface area contributed by atoms with E-state index in [2.05, 4.69) is 16.7 Å². The summed E-state index contributed by atoms with van der Waals surface area (Å²) in [6, 6.07) is 1.04. The molecule has 3 aliphatic rings. The Kier molecular flexibility index (Phi) is 2.86. The summed E-state index contributed by atoms with van der Waals surface area (Å²) in [6.45, 7) is 8.42. The highest BCUT2D eigenvalue weighted by molar-refractivity contribution is 4.93. The Bertz CT molecular complexity index is 164. The number of hydrogen-bond donors (Lipinski definition) is 1. The Morgan fingerprint density at radius 1 is 1.31 bits per heavy atom. The number of nitrogens with two attached hydrogens (primary N) is 1. The Morgan fingerprint density at radius 3 is 2.46 bits per heavy atom. The monoisotopic (exact) mass is 183 g/mol. The highest BCUT2D eigenvalue weighted by Crippen LogP contribution is 2.19. The molecule has 0 amide bonds. The van der Waals surface area contributed by atoms with Crippen LogP contribution in [0.5, 0.6) is 0 Å². The molecule has 2 N–H and O–H groups in total. The van der Waals surface area contributed by atoms with Crippen LogP contribution in [-0.4, -0.2) is 54.6 Å². The Morgan fingerprint density at radius 2 is 2.00 bits per heavy atom. The summed E-state index contributed by atoms with van der Waals surface area (Å²) >= 11 is 0. The standard InChI is InChI=1S/C10H21N3/c1-2-3-9(11)10-8-12-4-6-13(10)7-5-12/h9-10H,2-8,11H2,1H3/t9-,10?/m1/s1. The fourth-order valence-corrected chi connectivity index (χ4v) is 2.59. The predicted octanol–water partition coefficient (Wildman–Crippen LogP) is 0.114. The van der Waals surface area contributed by atoms with E-state index in [0.29, 0.717) is 12.1 Å². The molecule has 3 aliphatic heterocycles. The minimum absolute atomic E-state index is 0.396. The maximum Gasteiger partial charge on any atom is 0.0375 e. The van der Waals surface area contributed by atoms with Crippen LogP contribution in [-0.2, 0) is 0 Å². The van der Waals surface area contributed by atoms with Gasteiger partial charge in [-0.05, 0) is 6.42 Å². The largest absolute Gasteiger partial charge is 0.326 e. The lowest BCUT2D eigenvalue weighted by Crippen LogP contribution is -2.65. The highest BCUT2D eigenvalue weighted by Gasteiger charge is 2.34. The predicted molar refractivity (Wildman–Crippen MR) is 54.7 cm³/mol. The normalized spacial score (nSPS) is 40.6. The van der Waals surface area contributed by atoms with E-state index in [1.807, 2.05) is 0 Å². The van der Waals surface area contributed by atoms with Crippen LogP contribution in [0, 0.1) is 0 Å². The molecule has 3 fully saturated rings. The van der Waals surface area contributed by atoms with Crippen molar-refractivity contribution < 1.29 is 0 Å². The first-order valence-electron chi connectivity index (χ1n) is 5.53. The number of fused-ring (bicyclic) bond motifs is 3. The minimum Gasteiger partial charge on any atom is -0.326 e. The van der Waals surface area contributed by atoms with E-state index in [4.69, 9.17) is 5.73 Å². The second-order valence-electron chi connectivity index (χ2n) is 4.36. The molecule has 13 heavy (non-hydrogen) atoms. The zero-order valence-corrected chi connectivity index (χ0v) is 8.58. The third-order valence-corrected chi connectivity index (χ3v) is 3.44. The van der Waals surface area contributed by atoms with Gasteiger partial charge in [0.1, 0.15) is 0 Å². The zero-order valence-electron chi connectivity index (χ0n) is 8.58. The van der Waals surface area contributed by atoms with Gasteiger partial charge in [-0.15, -0.1) is 0 Å². The molecular weight excluding hydrogens is 162 g/mol. The second-order valence-corrected chi connectivity index (χ2v) is 4.36. The lowest BCUT2D eigenvalue weighted by molar-refractivity contribution is 0.00135. The lowest BCUT2D eigenvalue weighted by atomic mass is 9.97. The quantitative estimate of drug-likeness (QED) is 0.674. The molecule has 2 bridgehead atoms. The molecule has 0 aromatic heterocycles. The molecule has 0 aromatic rings. The summed E-state index contributed by atoms with van der Waals surface area (Å²) in [6.07, 6.45) is 2.39. The number of hydrogen-bond acceptors (Lipinski definition) is 3. The van der Waals surface area contributed by atoms with E-state index >= 15 is 0 Å². The van der Waals surface area contributed by atoms with Crippen LogP contribution in [0.1, 0.15) is 19.8 Å². The van der Waals surface area contributed by atoms with Crippen LogP contribution in [0.3, 0.4) is 0 Å². The molecule has 0 aromatic carbocycles. The Hall–Kier alpha value is -0.120. The maximum atomic E-state index is 6.18. The van der Waals surface area contributed by atoms with Gasteiger partial charge in [0.25, 0.3) is 0 Å². The summed E-state index contributed by atoms with van der Waals surface area (Å²) in [5.41, 5.74) is 6.18. The van der Waals surface area contributed by atoms with Crippen molar-refractivity contribution in [2.75, 3.05) is 32.7 Å². The molecule has 0 aliphatic carbocycles. The molecule has 0 saturated carbocycles. The van der Waals surface area contributed by atoms with Crippen LogP contribution >= 0.6 is 0 Å². The second kappa shape index (κ2) is 3.95. The maximum absolute atomic E-state index is 6.18. The van der Waals surface area contributed by atoms with E-state index in [1.165, 1.54) is 45.6 Å². The number of piperazine rings is 3. The number of rotatable bonds is 3. The molecule has 3 saturated heterocycles. The third-order valence-electron chi connectivity index (χ3n) is 3.44. The molecule has 1 unspecified atom stereocenters. The summed E-state index contributed by atoms with van der Waals surface area (Å²) in [4.78, 5) is 5.14. The first-order chi connectivity index (χ1) is 6.31. The van der Waals surface area contributed by atoms with Crippen molar-refractivity contribution in [3.05, 3.63) is 0 Å². The van der Waals surface area contributed by atoms with Gasteiger partial charge in [0, 0.05) is 44.8 Å². The highest BCUT2D eigenvalue weighted by atomic mass is 15.3. The fraction of sp³-hybridized carbons (Fsp3) is 1.00. The van der Waals surface area contributed by atoms with Gasteiger partial charge in [0.05, 0.1) is 0 Å². The van der Waals surface area contributed by atoms with Crippen LogP contribution < -0.4 is 5.73 Å². The molecule has 3 heterocycles. The Balaban J connectivity index is 1.92. The van der Waals surface area contributed by atoms with Crippen LogP contribution in [0.2, 0.25) is 0 Å². The van der Waals surface area contributed by atoms with Gasteiger partial charge in [0.15, 0.2) is 0 Å². The minimum atomic E-state index is 0.396. The zero-order chi connectivity index (χ0) is 9.26. The Labute approximate surface area is 80.9 Å². The van der Waals surface area contributed by atoms with Crippen molar-refractivity contribution in [1.82, 2.24) is 9.80 Å². The molecule has 3 nitrogen and oxygen atoms in total. The molecule has 76 valence electrons. The molecule has 3 rings (SSSR count). The smallest absolute Gasteiger partial charge is 0.0375 e. The van der Waals surface area contributed by atoms with Crippen molar-refractivity contribution >= 4 is 0 Å². The van der Waals surface area contributed by atoms with Crippen molar-refractivity contribution in [3.8, 4) is 0 Å². The van der Waals surface area contributed by atoms with E-state index in [1.54, 1.807) is 0 Å². The topological polar surface area (TPSA) is 32.5 Å². The SMILES string of the molecule is CCC[C@@H](N)C1CN2CCN1CC2. The fourth-order valence-electron chi connectivity index (χ4n) is 2.59. The van der Waals surface area contributed by atoms with Gasteiger partial charge in [-0.3, -0.25) is 9.80 Å². The average molecular weight is 183 g/mol. The lowest BCUT2D eigenvalue weighted by Gasteiger charge is -2.49. The molecular formula is C10H21N3. The van der Waals surface area contributed by atoms with Gasteiger partial charge >= 0.3 is 0 Å². The molecule has 0 radical (unpaired) electrons. The van der Waals surface area contributed by atoms with E-state index in [0.717, 1.165) is 0 Å². The first kappa shape index (κ1) is 9.44. The van der Waals surface area contributed by atoms with Gasteiger partial charge in [0.2, 0.25) is 0 Å². The summed E-state index contributed by atoms with van der Waals surface area (Å²) in [5, 5.41) is 0. The molecule has 3 heteroatoms. The van der Waals surface area contributed by atoms with Gasteiger partial charge in [-0.25, -0.2) is 0 Å². The third kappa shape index (κ3) is 1.87. The van der Waals surface area contributed by atoms with E-state index in [9.17, 15) is 0 Å². The summed E-state index contributed by atoms with van der Waals surface area (Å²) < 4.78 is 0. The average Bonchev–Trinajstić information content (AvgIpc) is 2.20. The van der Waals surface area contributed by atoms with Crippen molar-refractivity contribution in [2.45, 2.75) is 31.8 Å². The van der Waals surface area contributed by atoms with E-state index in [-0.39, 0.29) is 0 Å². The first-order valence-corrected chi connectivity index (χ1v) is 5.53. The van der Waals surface area contributed by atoms with Crippen LogP contribution in [0.15, 0.2) is 0 Å². The summed E-state index contributed by atoms with van der Waals surface area (Å²) in [7, 11) is 0. The van der Waals surface area contributed by atoms with Crippen molar-refractivity contribution in [3.63, 3.8) is 0 Å².